The van der Waals surface area contributed by atoms with Crippen LogP contribution in [0.15, 0.2) is 49.1 Å². The lowest BCUT2D eigenvalue weighted by Gasteiger charge is -2.36. The maximum absolute atomic E-state index is 13.3. The molecule has 4 rings (SSSR count). The van der Waals surface area contributed by atoms with Gasteiger partial charge in [0.05, 0.1) is 6.04 Å². The lowest BCUT2D eigenvalue weighted by Crippen LogP contribution is -2.58. The average molecular weight is 444 g/mol. The van der Waals surface area contributed by atoms with Gasteiger partial charge in [-0.1, -0.05) is 30.3 Å². The van der Waals surface area contributed by atoms with Crippen molar-refractivity contribution in [3.8, 4) is 11.5 Å². The summed E-state index contributed by atoms with van der Waals surface area (Å²) in [6.45, 7) is 7.30. The molecular formula is C24H23F3N2O3. The number of carbonyl (C=O) groups excluding carboxylic acids is 2. The number of benzene rings is 2. The predicted molar refractivity (Wildman–Crippen MR) is 112 cm³/mol. The molecule has 0 bridgehead atoms. The number of amides is 2. The normalized spacial score (nSPS) is 22.8. The SMILES string of the molecule is C=CC1CC(C(=O)NC2c3ccc(C)cc3Oc3cc(C)ccc32)C(=O)NC1C(F)(F)F. The van der Waals surface area contributed by atoms with Gasteiger partial charge in [0.25, 0.3) is 0 Å². The Labute approximate surface area is 183 Å². The molecule has 2 aromatic rings. The summed E-state index contributed by atoms with van der Waals surface area (Å²) in [5, 5.41) is 4.83. The van der Waals surface area contributed by atoms with E-state index in [4.69, 9.17) is 4.74 Å². The quantitative estimate of drug-likeness (QED) is 0.542. The summed E-state index contributed by atoms with van der Waals surface area (Å²) in [5.41, 5.74) is 3.38. The number of piperidine rings is 1. The molecule has 168 valence electrons. The average Bonchev–Trinajstić information content (AvgIpc) is 2.72. The second-order valence-corrected chi connectivity index (χ2v) is 8.34. The summed E-state index contributed by atoms with van der Waals surface area (Å²) in [5.74, 6) is -2.77. The van der Waals surface area contributed by atoms with E-state index in [0.29, 0.717) is 22.6 Å². The molecule has 2 aromatic carbocycles. The highest BCUT2D eigenvalue weighted by molar-refractivity contribution is 6.01. The van der Waals surface area contributed by atoms with Gasteiger partial charge in [-0.05, 0) is 43.5 Å². The molecule has 2 amide bonds. The van der Waals surface area contributed by atoms with E-state index in [0.717, 1.165) is 17.2 Å². The fourth-order valence-electron chi connectivity index (χ4n) is 4.28. The second kappa shape index (κ2) is 8.00. The van der Waals surface area contributed by atoms with E-state index in [1.807, 2.05) is 55.6 Å². The molecule has 2 aliphatic rings. The van der Waals surface area contributed by atoms with Crippen molar-refractivity contribution in [1.82, 2.24) is 10.6 Å². The molecule has 1 fully saturated rings. The first kappa shape index (κ1) is 21.9. The molecule has 5 nitrogen and oxygen atoms in total. The fourth-order valence-corrected chi connectivity index (χ4v) is 4.28. The number of ether oxygens (including phenoxy) is 1. The van der Waals surface area contributed by atoms with E-state index in [-0.39, 0.29) is 6.42 Å². The highest BCUT2D eigenvalue weighted by Crippen LogP contribution is 2.44. The number of nitrogens with one attached hydrogen (secondary N) is 2. The van der Waals surface area contributed by atoms with Crippen LogP contribution in [0.25, 0.3) is 0 Å². The molecule has 2 heterocycles. The van der Waals surface area contributed by atoms with Gasteiger partial charge in [-0.25, -0.2) is 0 Å². The third-order valence-electron chi connectivity index (χ3n) is 5.99. The van der Waals surface area contributed by atoms with Gasteiger partial charge in [0.1, 0.15) is 23.5 Å². The van der Waals surface area contributed by atoms with Crippen molar-refractivity contribution in [1.29, 1.82) is 0 Å². The van der Waals surface area contributed by atoms with Crippen LogP contribution in [-0.4, -0.2) is 24.0 Å². The number of fused-ring (bicyclic) bond motifs is 2. The summed E-state index contributed by atoms with van der Waals surface area (Å²) < 4.78 is 45.8. The first-order valence-electron chi connectivity index (χ1n) is 10.3. The van der Waals surface area contributed by atoms with Gasteiger partial charge in [-0.3, -0.25) is 9.59 Å². The third-order valence-corrected chi connectivity index (χ3v) is 5.99. The van der Waals surface area contributed by atoms with E-state index in [9.17, 15) is 22.8 Å². The Bertz CT molecular complexity index is 1040. The molecule has 1 saturated heterocycles. The number of carbonyl (C=O) groups is 2. The lowest BCUT2D eigenvalue weighted by atomic mass is 9.82. The summed E-state index contributed by atoms with van der Waals surface area (Å²) in [6, 6.07) is 8.51. The van der Waals surface area contributed by atoms with E-state index in [2.05, 4.69) is 11.9 Å². The third kappa shape index (κ3) is 3.97. The van der Waals surface area contributed by atoms with Crippen LogP contribution in [0.4, 0.5) is 13.2 Å². The monoisotopic (exact) mass is 444 g/mol. The Kier molecular flexibility index (Phi) is 5.48. The van der Waals surface area contributed by atoms with Crippen molar-refractivity contribution in [2.24, 2.45) is 11.8 Å². The zero-order valence-electron chi connectivity index (χ0n) is 17.6. The number of hydrogen-bond acceptors (Lipinski definition) is 3. The Morgan fingerprint density at radius 1 is 1.12 bits per heavy atom. The number of aryl methyl sites for hydroxylation is 2. The second-order valence-electron chi connectivity index (χ2n) is 8.34. The maximum atomic E-state index is 13.3. The van der Waals surface area contributed by atoms with Crippen LogP contribution < -0.4 is 15.4 Å². The maximum Gasteiger partial charge on any atom is 0.409 e. The summed E-state index contributed by atoms with van der Waals surface area (Å²) in [4.78, 5) is 25.6. The van der Waals surface area contributed by atoms with Crippen molar-refractivity contribution in [3.63, 3.8) is 0 Å². The Balaban J connectivity index is 1.64. The van der Waals surface area contributed by atoms with Crippen LogP contribution in [0, 0.1) is 25.7 Å². The zero-order chi connectivity index (χ0) is 23.2. The molecule has 3 atom stereocenters. The van der Waals surface area contributed by atoms with Gasteiger partial charge >= 0.3 is 6.18 Å². The highest BCUT2D eigenvalue weighted by Gasteiger charge is 2.50. The Hall–Kier alpha value is -3.29. The molecule has 0 radical (unpaired) electrons. The number of hydrogen-bond donors (Lipinski definition) is 2. The minimum Gasteiger partial charge on any atom is -0.457 e. The smallest absolute Gasteiger partial charge is 0.409 e. The molecule has 0 aliphatic carbocycles. The topological polar surface area (TPSA) is 67.4 Å². The molecule has 32 heavy (non-hydrogen) atoms. The van der Waals surface area contributed by atoms with Crippen molar-refractivity contribution in [3.05, 3.63) is 71.3 Å². The Morgan fingerprint density at radius 3 is 2.19 bits per heavy atom. The largest absolute Gasteiger partial charge is 0.457 e. The lowest BCUT2D eigenvalue weighted by molar-refractivity contribution is -0.178. The molecule has 0 spiro atoms. The van der Waals surface area contributed by atoms with Crippen LogP contribution in [0.2, 0.25) is 0 Å². The summed E-state index contributed by atoms with van der Waals surface area (Å²) in [6.07, 6.45) is -3.75. The van der Waals surface area contributed by atoms with Crippen molar-refractivity contribution < 1.29 is 27.5 Å². The molecule has 3 unspecified atom stereocenters. The Morgan fingerprint density at radius 2 is 1.69 bits per heavy atom. The van der Waals surface area contributed by atoms with Gasteiger partial charge in [0, 0.05) is 17.0 Å². The number of rotatable bonds is 3. The number of alkyl halides is 3. The van der Waals surface area contributed by atoms with Gasteiger partial charge in [0.2, 0.25) is 11.8 Å². The van der Waals surface area contributed by atoms with E-state index >= 15 is 0 Å². The predicted octanol–water partition coefficient (Wildman–Crippen LogP) is 4.48. The molecule has 2 N–H and O–H groups in total. The first-order valence-corrected chi connectivity index (χ1v) is 10.3. The summed E-state index contributed by atoms with van der Waals surface area (Å²) >= 11 is 0. The number of halogens is 3. The molecule has 0 aromatic heterocycles. The van der Waals surface area contributed by atoms with Crippen LogP contribution in [-0.2, 0) is 9.59 Å². The highest BCUT2D eigenvalue weighted by atomic mass is 19.4. The van der Waals surface area contributed by atoms with Crippen LogP contribution in [0.5, 0.6) is 11.5 Å². The van der Waals surface area contributed by atoms with Gasteiger partial charge in [0.15, 0.2) is 0 Å². The first-order chi connectivity index (χ1) is 15.1. The van der Waals surface area contributed by atoms with E-state index in [1.165, 1.54) is 0 Å². The standard InChI is InChI=1S/C24H23F3N2O3/c1-4-14-11-17(23(31)29-21(14)24(25,26)27)22(30)28-20-15-7-5-12(2)9-18(15)32-19-10-13(3)6-8-16(19)20/h4-10,14,17,20-21H,1,11H2,2-3H3,(H,28,30)(H,29,31). The molecular weight excluding hydrogens is 421 g/mol. The molecule has 2 aliphatic heterocycles. The van der Waals surface area contributed by atoms with E-state index < -0.39 is 41.9 Å². The minimum absolute atomic E-state index is 0.268. The molecule has 8 heteroatoms. The van der Waals surface area contributed by atoms with Crippen molar-refractivity contribution >= 4 is 11.8 Å². The fraction of sp³-hybridized carbons (Fsp3) is 0.333. The van der Waals surface area contributed by atoms with Crippen molar-refractivity contribution in [2.45, 2.75) is 38.5 Å². The van der Waals surface area contributed by atoms with Crippen molar-refractivity contribution in [2.75, 3.05) is 0 Å². The van der Waals surface area contributed by atoms with E-state index in [1.54, 1.807) is 0 Å². The summed E-state index contributed by atoms with van der Waals surface area (Å²) in [7, 11) is 0. The van der Waals surface area contributed by atoms with Crippen LogP contribution in [0.3, 0.4) is 0 Å². The molecule has 0 saturated carbocycles. The minimum atomic E-state index is -4.62. The van der Waals surface area contributed by atoms with Gasteiger partial charge in [-0.15, -0.1) is 6.58 Å². The zero-order valence-corrected chi connectivity index (χ0v) is 17.6. The van der Waals surface area contributed by atoms with Crippen LogP contribution in [0.1, 0.15) is 34.7 Å². The van der Waals surface area contributed by atoms with Gasteiger partial charge in [-0.2, -0.15) is 13.2 Å². The van der Waals surface area contributed by atoms with Crippen LogP contribution >= 0.6 is 0 Å². The van der Waals surface area contributed by atoms with Gasteiger partial charge < -0.3 is 15.4 Å².